The lowest BCUT2D eigenvalue weighted by molar-refractivity contribution is -0.384. The SMILES string of the molecule is CC(C)(C)[S@](=O)N=C(/C=C/C1C=CC=CC1)c1ccc([N+](=O)[O-])cc1. The second-order valence-corrected chi connectivity index (χ2v) is 8.62. The maximum Gasteiger partial charge on any atom is 0.269 e. The van der Waals surface area contributed by atoms with Gasteiger partial charge in [0.25, 0.3) is 5.69 Å². The summed E-state index contributed by atoms with van der Waals surface area (Å²) in [6, 6.07) is 6.14. The molecule has 1 aliphatic rings. The Morgan fingerprint density at radius 2 is 1.96 bits per heavy atom. The molecule has 132 valence electrons. The molecule has 25 heavy (non-hydrogen) atoms. The zero-order chi connectivity index (χ0) is 18.4. The molecule has 6 heteroatoms. The van der Waals surface area contributed by atoms with Crippen molar-refractivity contribution in [3.05, 3.63) is 76.4 Å². The summed E-state index contributed by atoms with van der Waals surface area (Å²) in [4.78, 5) is 10.4. The Kier molecular flexibility index (Phi) is 6.20. The highest BCUT2D eigenvalue weighted by Gasteiger charge is 2.20. The fraction of sp³-hybridized carbons (Fsp3) is 0.316. The van der Waals surface area contributed by atoms with Gasteiger partial charge in [-0.05, 0) is 51.3 Å². The Hall–Kier alpha value is -2.34. The van der Waals surface area contributed by atoms with Crippen molar-refractivity contribution in [2.45, 2.75) is 31.9 Å². The highest BCUT2D eigenvalue weighted by molar-refractivity contribution is 7.85. The van der Waals surface area contributed by atoms with Crippen LogP contribution in [0, 0.1) is 16.0 Å². The van der Waals surface area contributed by atoms with Crippen molar-refractivity contribution in [3.8, 4) is 0 Å². The van der Waals surface area contributed by atoms with Crippen LogP contribution in [0.3, 0.4) is 0 Å². The minimum Gasteiger partial charge on any atom is -0.258 e. The standard InChI is InChI=1S/C19H22N2O3S/c1-19(2,3)25(24)20-18(14-9-15-7-5-4-6-8-15)16-10-12-17(13-11-16)21(22)23/h4-7,9-15H,8H2,1-3H3/b14-9+,20-18?/t15?,25-/m0/s1. The molecule has 2 atom stereocenters. The first kappa shape index (κ1) is 19.0. The number of hydrogen-bond acceptors (Lipinski definition) is 3. The summed E-state index contributed by atoms with van der Waals surface area (Å²) in [5.41, 5.74) is 1.28. The van der Waals surface area contributed by atoms with Gasteiger partial charge in [0.1, 0.15) is 11.0 Å². The van der Waals surface area contributed by atoms with Crippen LogP contribution < -0.4 is 0 Å². The molecule has 1 aliphatic carbocycles. The van der Waals surface area contributed by atoms with Crippen LogP contribution in [0.25, 0.3) is 0 Å². The van der Waals surface area contributed by atoms with Crippen molar-refractivity contribution in [2.75, 3.05) is 0 Å². The molecule has 1 aromatic carbocycles. The molecule has 0 aliphatic heterocycles. The molecular weight excluding hydrogens is 336 g/mol. The average Bonchev–Trinajstić information content (AvgIpc) is 2.58. The molecule has 0 amide bonds. The number of hydrogen-bond donors (Lipinski definition) is 0. The lowest BCUT2D eigenvalue weighted by Gasteiger charge is -2.14. The van der Waals surface area contributed by atoms with Crippen LogP contribution in [0.2, 0.25) is 0 Å². The molecule has 5 nitrogen and oxygen atoms in total. The van der Waals surface area contributed by atoms with Gasteiger partial charge in [-0.15, -0.1) is 0 Å². The van der Waals surface area contributed by atoms with E-state index in [-0.39, 0.29) is 11.6 Å². The van der Waals surface area contributed by atoms with Crippen LogP contribution in [-0.4, -0.2) is 19.6 Å². The van der Waals surface area contributed by atoms with Gasteiger partial charge in [0.2, 0.25) is 0 Å². The largest absolute Gasteiger partial charge is 0.269 e. The average molecular weight is 358 g/mol. The minimum atomic E-state index is -1.42. The first-order valence-electron chi connectivity index (χ1n) is 8.04. The van der Waals surface area contributed by atoms with Gasteiger partial charge in [0.15, 0.2) is 0 Å². The number of nitro groups is 1. The highest BCUT2D eigenvalue weighted by Crippen LogP contribution is 2.19. The second-order valence-electron chi connectivity index (χ2n) is 6.71. The maximum atomic E-state index is 12.4. The van der Waals surface area contributed by atoms with Gasteiger partial charge in [-0.25, -0.2) is 4.21 Å². The lowest BCUT2D eigenvalue weighted by Crippen LogP contribution is -2.21. The predicted molar refractivity (Wildman–Crippen MR) is 103 cm³/mol. The summed E-state index contributed by atoms with van der Waals surface area (Å²) >= 11 is 0. The number of nitrogens with zero attached hydrogens (tertiary/aromatic N) is 2. The van der Waals surface area contributed by atoms with E-state index in [9.17, 15) is 14.3 Å². The Morgan fingerprint density at radius 3 is 2.48 bits per heavy atom. The van der Waals surface area contributed by atoms with Crippen LogP contribution in [-0.2, 0) is 11.0 Å². The summed E-state index contributed by atoms with van der Waals surface area (Å²) in [6.45, 7) is 5.58. The summed E-state index contributed by atoms with van der Waals surface area (Å²) in [7, 11) is -1.42. The molecule has 0 saturated heterocycles. The molecular formula is C19H22N2O3S. The number of rotatable bonds is 5. The third-order valence-corrected chi connectivity index (χ3v) is 5.00. The van der Waals surface area contributed by atoms with Gasteiger partial charge in [0, 0.05) is 17.7 Å². The van der Waals surface area contributed by atoms with Crippen LogP contribution in [0.15, 0.2) is 65.1 Å². The molecule has 0 radical (unpaired) electrons. The molecule has 0 aromatic heterocycles. The Labute approximate surface area is 150 Å². The van der Waals surface area contributed by atoms with E-state index >= 15 is 0 Å². The Balaban J connectivity index is 2.34. The zero-order valence-electron chi connectivity index (χ0n) is 14.6. The zero-order valence-corrected chi connectivity index (χ0v) is 15.4. The van der Waals surface area contributed by atoms with E-state index in [1.807, 2.05) is 45.1 Å². The monoisotopic (exact) mass is 358 g/mol. The fourth-order valence-electron chi connectivity index (χ4n) is 2.12. The van der Waals surface area contributed by atoms with E-state index in [0.29, 0.717) is 11.3 Å². The number of allylic oxidation sites excluding steroid dienone is 6. The van der Waals surface area contributed by atoms with Gasteiger partial charge < -0.3 is 0 Å². The predicted octanol–water partition coefficient (Wildman–Crippen LogP) is 4.53. The number of nitro benzene ring substituents is 1. The van der Waals surface area contributed by atoms with Gasteiger partial charge in [0.05, 0.1) is 15.4 Å². The van der Waals surface area contributed by atoms with Crippen LogP contribution >= 0.6 is 0 Å². The van der Waals surface area contributed by atoms with Gasteiger partial charge >= 0.3 is 0 Å². The molecule has 0 fully saturated rings. The topological polar surface area (TPSA) is 72.6 Å². The molecule has 0 N–H and O–H groups in total. The first-order chi connectivity index (χ1) is 11.8. The molecule has 0 saturated carbocycles. The first-order valence-corrected chi connectivity index (χ1v) is 9.15. The Bertz CT molecular complexity index is 769. The summed E-state index contributed by atoms with van der Waals surface area (Å²) in [5.74, 6) is 0.260. The minimum absolute atomic E-state index is 0.0179. The van der Waals surface area contributed by atoms with Gasteiger partial charge in [-0.2, -0.15) is 4.40 Å². The van der Waals surface area contributed by atoms with Crippen LogP contribution in [0.4, 0.5) is 5.69 Å². The van der Waals surface area contributed by atoms with E-state index in [0.717, 1.165) is 6.42 Å². The molecule has 1 aromatic rings. The molecule has 0 spiro atoms. The third kappa shape index (κ3) is 5.60. The van der Waals surface area contributed by atoms with Crippen molar-refractivity contribution in [3.63, 3.8) is 0 Å². The van der Waals surface area contributed by atoms with Crippen molar-refractivity contribution in [1.29, 1.82) is 0 Å². The van der Waals surface area contributed by atoms with Gasteiger partial charge in [-0.3, -0.25) is 10.1 Å². The van der Waals surface area contributed by atoms with E-state index in [1.54, 1.807) is 12.1 Å². The molecule has 2 rings (SSSR count). The fourth-order valence-corrected chi connectivity index (χ4v) is 2.74. The highest BCUT2D eigenvalue weighted by atomic mass is 32.2. The third-order valence-electron chi connectivity index (χ3n) is 3.59. The summed E-state index contributed by atoms with van der Waals surface area (Å²) < 4.78 is 16.3. The summed E-state index contributed by atoms with van der Waals surface area (Å²) in [6.07, 6.45) is 12.9. The number of benzene rings is 1. The quantitative estimate of drug-likeness (QED) is 0.441. The van der Waals surface area contributed by atoms with Gasteiger partial charge in [-0.1, -0.05) is 30.4 Å². The van der Waals surface area contributed by atoms with Crippen molar-refractivity contribution in [1.82, 2.24) is 0 Å². The molecule has 0 heterocycles. The molecule has 0 bridgehead atoms. The van der Waals surface area contributed by atoms with Crippen molar-refractivity contribution >= 4 is 22.4 Å². The van der Waals surface area contributed by atoms with E-state index in [1.165, 1.54) is 12.1 Å². The van der Waals surface area contributed by atoms with E-state index < -0.39 is 20.7 Å². The Morgan fingerprint density at radius 1 is 1.28 bits per heavy atom. The maximum absolute atomic E-state index is 12.4. The van der Waals surface area contributed by atoms with Crippen LogP contribution in [0.5, 0.6) is 0 Å². The van der Waals surface area contributed by atoms with Crippen molar-refractivity contribution in [2.24, 2.45) is 10.3 Å². The second kappa shape index (κ2) is 8.16. The number of non-ortho nitro benzene ring substituents is 1. The van der Waals surface area contributed by atoms with Crippen molar-refractivity contribution < 1.29 is 9.13 Å². The molecule has 1 unspecified atom stereocenters. The van der Waals surface area contributed by atoms with Crippen LogP contribution in [0.1, 0.15) is 32.8 Å². The normalized spacial score (nSPS) is 19.3. The van der Waals surface area contributed by atoms with E-state index in [2.05, 4.69) is 16.5 Å². The van der Waals surface area contributed by atoms with E-state index in [4.69, 9.17) is 0 Å². The smallest absolute Gasteiger partial charge is 0.258 e. The lowest BCUT2D eigenvalue weighted by atomic mass is 9.99. The summed E-state index contributed by atoms with van der Waals surface area (Å²) in [5, 5.41) is 10.8.